The van der Waals surface area contributed by atoms with E-state index in [1.807, 2.05) is 25.1 Å². The van der Waals surface area contributed by atoms with E-state index < -0.39 is 18.5 Å². The second-order valence-corrected chi connectivity index (χ2v) is 8.29. The number of aryl methyl sites for hydroxylation is 1. The van der Waals surface area contributed by atoms with Gasteiger partial charge >= 0.3 is 5.97 Å². The lowest BCUT2D eigenvalue weighted by Crippen LogP contribution is -2.20. The zero-order valence-corrected chi connectivity index (χ0v) is 18.0. The molecule has 152 valence electrons. The van der Waals surface area contributed by atoms with E-state index in [2.05, 4.69) is 10.4 Å². The molecule has 1 N–H and O–H groups in total. The van der Waals surface area contributed by atoms with Gasteiger partial charge in [-0.05, 0) is 43.3 Å². The number of nitrogens with one attached hydrogen (secondary N) is 1. The Bertz CT molecular complexity index is 1270. The van der Waals surface area contributed by atoms with Crippen molar-refractivity contribution in [2.75, 3.05) is 11.9 Å². The highest BCUT2D eigenvalue weighted by atomic mass is 35.5. The molecule has 0 aliphatic carbocycles. The van der Waals surface area contributed by atoms with Crippen molar-refractivity contribution >= 4 is 62.3 Å². The molecule has 4 aromatic rings. The number of nitrogens with zero attached hydrogens (tertiary/aromatic N) is 2. The van der Waals surface area contributed by atoms with Crippen LogP contribution in [0.25, 0.3) is 15.9 Å². The number of aromatic nitrogens is 2. The summed E-state index contributed by atoms with van der Waals surface area (Å²) in [4.78, 5) is 25.7. The Kier molecular flexibility index (Phi) is 5.76. The van der Waals surface area contributed by atoms with Gasteiger partial charge in [0.25, 0.3) is 5.91 Å². The Labute approximate surface area is 186 Å². The maximum atomic E-state index is 12.5. The van der Waals surface area contributed by atoms with Crippen LogP contribution in [-0.2, 0) is 9.53 Å². The fourth-order valence-electron chi connectivity index (χ4n) is 2.90. The summed E-state index contributed by atoms with van der Waals surface area (Å²) in [5.41, 5.74) is 2.01. The fraction of sp³-hybridized carbons (Fsp3) is 0.0952. The monoisotopic (exact) mass is 459 g/mol. The van der Waals surface area contributed by atoms with Crippen molar-refractivity contribution < 1.29 is 14.3 Å². The van der Waals surface area contributed by atoms with Gasteiger partial charge in [0.05, 0.1) is 16.4 Å². The molecule has 0 fully saturated rings. The van der Waals surface area contributed by atoms with E-state index >= 15 is 0 Å². The number of amides is 1. The van der Waals surface area contributed by atoms with E-state index in [9.17, 15) is 9.59 Å². The minimum Gasteiger partial charge on any atom is -0.451 e. The van der Waals surface area contributed by atoms with Gasteiger partial charge in [0.1, 0.15) is 9.71 Å². The van der Waals surface area contributed by atoms with Gasteiger partial charge < -0.3 is 10.1 Å². The van der Waals surface area contributed by atoms with Crippen LogP contribution in [-0.4, -0.2) is 28.3 Å². The van der Waals surface area contributed by atoms with Crippen LogP contribution in [0, 0.1) is 6.92 Å². The molecule has 0 atom stereocenters. The SMILES string of the molecule is Cc1nn(-c2ccccc2Cl)c2sc(C(=O)OCC(=O)Nc3cccc(Cl)c3)cc12. The molecule has 1 amide bonds. The highest BCUT2D eigenvalue weighted by Crippen LogP contribution is 2.32. The number of anilines is 1. The Morgan fingerprint density at radius 2 is 1.93 bits per heavy atom. The molecule has 0 saturated carbocycles. The van der Waals surface area contributed by atoms with Gasteiger partial charge in [-0.3, -0.25) is 4.79 Å². The smallest absolute Gasteiger partial charge is 0.348 e. The molecule has 0 radical (unpaired) electrons. The number of thiophene rings is 1. The van der Waals surface area contributed by atoms with Crippen molar-refractivity contribution in [1.82, 2.24) is 9.78 Å². The summed E-state index contributed by atoms with van der Waals surface area (Å²) in [6.07, 6.45) is 0. The van der Waals surface area contributed by atoms with Crippen LogP contribution >= 0.6 is 34.5 Å². The van der Waals surface area contributed by atoms with Crippen LogP contribution in [0.5, 0.6) is 0 Å². The molecule has 30 heavy (non-hydrogen) atoms. The maximum Gasteiger partial charge on any atom is 0.348 e. The first-order valence-corrected chi connectivity index (χ1v) is 10.5. The summed E-state index contributed by atoms with van der Waals surface area (Å²) in [6, 6.07) is 15.8. The van der Waals surface area contributed by atoms with Crippen molar-refractivity contribution in [2.24, 2.45) is 0 Å². The fourth-order valence-corrected chi connectivity index (χ4v) is 4.38. The summed E-state index contributed by atoms with van der Waals surface area (Å²) >= 11 is 13.4. The first kappa shape index (κ1) is 20.4. The molecular formula is C21H15Cl2N3O3S. The quantitative estimate of drug-likeness (QED) is 0.400. The number of fused-ring (bicyclic) bond motifs is 1. The normalized spacial score (nSPS) is 10.9. The minimum absolute atomic E-state index is 0.377. The molecule has 0 unspecified atom stereocenters. The molecule has 9 heteroatoms. The second-order valence-electron chi connectivity index (χ2n) is 6.41. The minimum atomic E-state index is -0.581. The van der Waals surface area contributed by atoms with E-state index in [0.717, 1.165) is 21.6 Å². The van der Waals surface area contributed by atoms with Gasteiger partial charge in [-0.25, -0.2) is 9.48 Å². The lowest BCUT2D eigenvalue weighted by molar-refractivity contribution is -0.119. The van der Waals surface area contributed by atoms with Crippen molar-refractivity contribution in [3.63, 3.8) is 0 Å². The van der Waals surface area contributed by atoms with Crippen LogP contribution < -0.4 is 5.32 Å². The lowest BCUT2D eigenvalue weighted by atomic mass is 10.3. The number of halogens is 2. The number of carbonyl (C=O) groups is 2. The molecule has 2 heterocycles. The number of hydrogen-bond donors (Lipinski definition) is 1. The van der Waals surface area contributed by atoms with Crippen molar-refractivity contribution in [3.05, 3.63) is 75.2 Å². The molecule has 0 bridgehead atoms. The van der Waals surface area contributed by atoms with Gasteiger partial charge in [-0.1, -0.05) is 41.4 Å². The van der Waals surface area contributed by atoms with Crippen LogP contribution in [0.15, 0.2) is 54.6 Å². The van der Waals surface area contributed by atoms with E-state index in [-0.39, 0.29) is 0 Å². The predicted octanol–water partition coefficient (Wildman–Crippen LogP) is 5.50. The van der Waals surface area contributed by atoms with E-state index in [0.29, 0.717) is 20.6 Å². The first-order chi connectivity index (χ1) is 14.4. The Balaban J connectivity index is 1.49. The Morgan fingerprint density at radius 3 is 2.70 bits per heavy atom. The van der Waals surface area contributed by atoms with Crippen molar-refractivity contribution in [3.8, 4) is 5.69 Å². The summed E-state index contributed by atoms with van der Waals surface area (Å²) in [7, 11) is 0. The van der Waals surface area contributed by atoms with Crippen molar-refractivity contribution in [1.29, 1.82) is 0 Å². The number of para-hydroxylation sites is 1. The summed E-state index contributed by atoms with van der Waals surface area (Å²) in [5, 5.41) is 9.04. The van der Waals surface area contributed by atoms with E-state index in [4.69, 9.17) is 27.9 Å². The van der Waals surface area contributed by atoms with Gasteiger partial charge in [-0.15, -0.1) is 11.3 Å². The van der Waals surface area contributed by atoms with Crippen LogP contribution in [0.4, 0.5) is 5.69 Å². The number of benzene rings is 2. The zero-order chi connectivity index (χ0) is 21.3. The molecule has 0 aliphatic rings. The third-order valence-corrected chi connectivity index (χ3v) is 5.91. The number of esters is 1. The number of hydrogen-bond acceptors (Lipinski definition) is 5. The molecular weight excluding hydrogens is 445 g/mol. The number of carbonyl (C=O) groups excluding carboxylic acids is 2. The largest absolute Gasteiger partial charge is 0.451 e. The highest BCUT2D eigenvalue weighted by Gasteiger charge is 2.19. The summed E-state index contributed by atoms with van der Waals surface area (Å²) < 4.78 is 6.88. The zero-order valence-electron chi connectivity index (χ0n) is 15.7. The predicted molar refractivity (Wildman–Crippen MR) is 119 cm³/mol. The first-order valence-electron chi connectivity index (χ1n) is 8.89. The maximum absolute atomic E-state index is 12.5. The standard InChI is InChI=1S/C21H15Cl2N3O3S/c1-12-15-10-18(30-20(15)26(25-12)17-8-3-2-7-16(17)23)21(28)29-11-19(27)24-14-6-4-5-13(22)9-14/h2-10H,11H2,1H3,(H,24,27). The van der Waals surface area contributed by atoms with Gasteiger partial charge in [0.15, 0.2) is 6.61 Å². The topological polar surface area (TPSA) is 73.2 Å². The molecule has 2 aromatic carbocycles. The summed E-state index contributed by atoms with van der Waals surface area (Å²) in [6.45, 7) is 1.45. The van der Waals surface area contributed by atoms with Gasteiger partial charge in [0.2, 0.25) is 0 Å². The Hall–Kier alpha value is -2.87. The third kappa shape index (κ3) is 4.18. The highest BCUT2D eigenvalue weighted by molar-refractivity contribution is 7.20. The van der Waals surface area contributed by atoms with Crippen LogP contribution in [0.2, 0.25) is 10.0 Å². The van der Waals surface area contributed by atoms with Crippen molar-refractivity contribution in [2.45, 2.75) is 6.92 Å². The van der Waals surface area contributed by atoms with Crippen LogP contribution in [0.3, 0.4) is 0 Å². The second kappa shape index (κ2) is 8.47. The third-order valence-electron chi connectivity index (χ3n) is 4.27. The number of ether oxygens (including phenoxy) is 1. The molecule has 0 aliphatic heterocycles. The van der Waals surface area contributed by atoms with E-state index in [1.165, 1.54) is 11.3 Å². The average Bonchev–Trinajstić information content (AvgIpc) is 3.27. The van der Waals surface area contributed by atoms with Gasteiger partial charge in [-0.2, -0.15) is 5.10 Å². The van der Waals surface area contributed by atoms with E-state index in [1.54, 1.807) is 41.1 Å². The average molecular weight is 460 g/mol. The Morgan fingerprint density at radius 1 is 1.13 bits per heavy atom. The number of rotatable bonds is 5. The van der Waals surface area contributed by atoms with Gasteiger partial charge in [0, 0.05) is 16.1 Å². The van der Waals surface area contributed by atoms with Crippen LogP contribution in [0.1, 0.15) is 15.4 Å². The molecule has 2 aromatic heterocycles. The summed E-state index contributed by atoms with van der Waals surface area (Å²) in [5.74, 6) is -1.03. The molecule has 6 nitrogen and oxygen atoms in total. The molecule has 4 rings (SSSR count). The molecule has 0 spiro atoms. The molecule has 0 saturated heterocycles. The lowest BCUT2D eigenvalue weighted by Gasteiger charge is -2.06.